The van der Waals surface area contributed by atoms with Crippen molar-refractivity contribution in [2.24, 2.45) is 11.1 Å². The van der Waals surface area contributed by atoms with Crippen LogP contribution in [0.4, 0.5) is 0 Å². The van der Waals surface area contributed by atoms with Gasteiger partial charge in [-0.2, -0.15) is 0 Å². The Hall–Kier alpha value is -2.75. The lowest BCUT2D eigenvalue weighted by Crippen LogP contribution is -2.28. The molecule has 0 radical (unpaired) electrons. The third-order valence-electron chi connectivity index (χ3n) is 4.11. The van der Waals surface area contributed by atoms with E-state index in [2.05, 4.69) is 25.9 Å². The lowest BCUT2D eigenvalue weighted by atomic mass is 9.85. The number of benzene rings is 2. The Kier molecular flexibility index (Phi) is 4.06. The number of nitrogens with zero attached hydrogens (tertiary/aromatic N) is 1. The normalized spacial score (nSPS) is 17.4. The summed E-state index contributed by atoms with van der Waals surface area (Å²) < 4.78 is 0. The molecule has 0 bridgehead atoms. The number of carbonyl (C=O) groups is 2. The van der Waals surface area contributed by atoms with Crippen LogP contribution in [0, 0.1) is 5.92 Å². The van der Waals surface area contributed by atoms with Crippen LogP contribution in [0.1, 0.15) is 42.3 Å². The van der Waals surface area contributed by atoms with Crippen molar-refractivity contribution in [1.29, 1.82) is 0 Å². The number of ketones is 1. The Morgan fingerprint density at radius 1 is 1.00 bits per heavy atom. The zero-order valence-corrected chi connectivity index (χ0v) is 13.9. The fourth-order valence-electron chi connectivity index (χ4n) is 2.67. The summed E-state index contributed by atoms with van der Waals surface area (Å²) >= 11 is 0. The van der Waals surface area contributed by atoms with Crippen LogP contribution in [-0.2, 0) is 15.0 Å². The van der Waals surface area contributed by atoms with Gasteiger partial charge >= 0.3 is 5.97 Å². The molecule has 0 saturated heterocycles. The van der Waals surface area contributed by atoms with Gasteiger partial charge in [0.15, 0.2) is 11.7 Å². The lowest BCUT2D eigenvalue weighted by Gasteiger charge is -2.19. The second kappa shape index (κ2) is 6.04. The number of carbonyl (C=O) groups excluding carboxylic acids is 2. The average Bonchev–Trinajstić information content (AvgIpc) is 2.96. The van der Waals surface area contributed by atoms with Crippen LogP contribution in [0.2, 0.25) is 0 Å². The summed E-state index contributed by atoms with van der Waals surface area (Å²) in [5, 5.41) is 3.82. The second-order valence-corrected chi connectivity index (χ2v) is 6.88. The monoisotopic (exact) mass is 321 g/mol. The van der Waals surface area contributed by atoms with Gasteiger partial charge in [-0.3, -0.25) is 4.79 Å². The molecule has 3 rings (SSSR count). The Morgan fingerprint density at radius 2 is 1.62 bits per heavy atom. The van der Waals surface area contributed by atoms with Gasteiger partial charge in [0.1, 0.15) is 5.71 Å². The molecular formula is C20H19NO3. The van der Waals surface area contributed by atoms with E-state index in [0.29, 0.717) is 16.8 Å². The van der Waals surface area contributed by atoms with E-state index in [4.69, 9.17) is 4.84 Å². The molecule has 24 heavy (non-hydrogen) atoms. The predicted octanol–water partition coefficient (Wildman–Crippen LogP) is 3.74. The minimum absolute atomic E-state index is 0.00449. The molecule has 2 aromatic rings. The molecule has 0 N–H and O–H groups in total. The smallest absolute Gasteiger partial charge is 0.317 e. The Morgan fingerprint density at radius 3 is 2.21 bits per heavy atom. The SMILES string of the molecule is CC(C)(C)c1ccc(C(=O)C2C(=O)ON=C2c2ccccc2)cc1. The molecule has 0 amide bonds. The molecule has 0 aromatic heterocycles. The zero-order chi connectivity index (χ0) is 17.3. The lowest BCUT2D eigenvalue weighted by molar-refractivity contribution is -0.142. The first-order valence-electron chi connectivity index (χ1n) is 7.87. The summed E-state index contributed by atoms with van der Waals surface area (Å²) in [6, 6.07) is 16.5. The maximum Gasteiger partial charge on any atom is 0.351 e. The van der Waals surface area contributed by atoms with Crippen molar-refractivity contribution in [3.63, 3.8) is 0 Å². The molecule has 0 fully saturated rings. The Labute approximate surface area is 141 Å². The van der Waals surface area contributed by atoms with Crippen molar-refractivity contribution in [1.82, 2.24) is 0 Å². The summed E-state index contributed by atoms with van der Waals surface area (Å²) in [7, 11) is 0. The van der Waals surface area contributed by atoms with Gasteiger partial charge in [0.25, 0.3) is 0 Å². The van der Waals surface area contributed by atoms with Crippen LogP contribution < -0.4 is 0 Å². The van der Waals surface area contributed by atoms with Gasteiger partial charge in [0, 0.05) is 11.1 Å². The van der Waals surface area contributed by atoms with Crippen molar-refractivity contribution in [2.75, 3.05) is 0 Å². The third kappa shape index (κ3) is 3.00. The average molecular weight is 321 g/mol. The van der Waals surface area contributed by atoms with Crippen molar-refractivity contribution in [3.05, 3.63) is 71.3 Å². The van der Waals surface area contributed by atoms with E-state index < -0.39 is 11.9 Å². The summed E-state index contributed by atoms with van der Waals surface area (Å²) in [5.74, 6) is -1.92. The molecule has 4 heteroatoms. The number of hydrogen-bond acceptors (Lipinski definition) is 4. The number of oxime groups is 1. The highest BCUT2D eigenvalue weighted by molar-refractivity contribution is 6.29. The minimum atomic E-state index is -1.01. The van der Waals surface area contributed by atoms with E-state index in [1.807, 2.05) is 42.5 Å². The van der Waals surface area contributed by atoms with Crippen LogP contribution in [0.15, 0.2) is 59.8 Å². The van der Waals surface area contributed by atoms with Crippen molar-refractivity contribution >= 4 is 17.5 Å². The molecule has 4 nitrogen and oxygen atoms in total. The molecule has 1 aliphatic rings. The van der Waals surface area contributed by atoms with E-state index in [1.165, 1.54) is 0 Å². The van der Waals surface area contributed by atoms with E-state index in [9.17, 15) is 9.59 Å². The fourth-order valence-corrected chi connectivity index (χ4v) is 2.67. The van der Waals surface area contributed by atoms with E-state index >= 15 is 0 Å². The Bertz CT molecular complexity index is 799. The molecular weight excluding hydrogens is 302 g/mol. The van der Waals surface area contributed by atoms with Crippen molar-refractivity contribution in [2.45, 2.75) is 26.2 Å². The van der Waals surface area contributed by atoms with Gasteiger partial charge in [-0.15, -0.1) is 0 Å². The number of hydrogen-bond donors (Lipinski definition) is 0. The fraction of sp³-hybridized carbons (Fsp3) is 0.250. The standard InChI is InChI=1S/C20H19NO3/c1-20(2,3)15-11-9-14(10-12-15)18(22)16-17(21-24-19(16)23)13-7-5-4-6-8-13/h4-12,16H,1-3H3. The first-order chi connectivity index (χ1) is 11.4. The maximum absolute atomic E-state index is 12.8. The van der Waals surface area contributed by atoms with Crippen LogP contribution >= 0.6 is 0 Å². The molecule has 0 aliphatic carbocycles. The van der Waals surface area contributed by atoms with Gasteiger partial charge < -0.3 is 4.84 Å². The van der Waals surface area contributed by atoms with Gasteiger partial charge in [-0.05, 0) is 11.0 Å². The summed E-state index contributed by atoms with van der Waals surface area (Å²) in [6.45, 7) is 6.33. The summed E-state index contributed by atoms with van der Waals surface area (Å²) in [5.41, 5.74) is 2.70. The quantitative estimate of drug-likeness (QED) is 0.491. The highest BCUT2D eigenvalue weighted by atomic mass is 16.7. The Balaban J connectivity index is 1.91. The van der Waals surface area contributed by atoms with E-state index in [0.717, 1.165) is 5.56 Å². The van der Waals surface area contributed by atoms with Crippen LogP contribution in [0.25, 0.3) is 0 Å². The zero-order valence-electron chi connectivity index (χ0n) is 13.9. The van der Waals surface area contributed by atoms with Crippen LogP contribution in [-0.4, -0.2) is 17.5 Å². The molecule has 0 spiro atoms. The van der Waals surface area contributed by atoms with Crippen LogP contribution in [0.3, 0.4) is 0 Å². The molecule has 1 heterocycles. The molecule has 0 saturated carbocycles. The van der Waals surface area contributed by atoms with Gasteiger partial charge in [-0.25, -0.2) is 4.79 Å². The van der Waals surface area contributed by atoms with Gasteiger partial charge in [-0.1, -0.05) is 80.5 Å². The van der Waals surface area contributed by atoms with Crippen molar-refractivity contribution < 1.29 is 14.4 Å². The highest BCUT2D eigenvalue weighted by Gasteiger charge is 2.40. The highest BCUT2D eigenvalue weighted by Crippen LogP contribution is 2.25. The summed E-state index contributed by atoms with van der Waals surface area (Å²) in [4.78, 5) is 29.6. The third-order valence-corrected chi connectivity index (χ3v) is 4.11. The summed E-state index contributed by atoms with van der Waals surface area (Å²) in [6.07, 6.45) is 0. The molecule has 2 aromatic carbocycles. The topological polar surface area (TPSA) is 55.7 Å². The minimum Gasteiger partial charge on any atom is -0.317 e. The predicted molar refractivity (Wildman–Crippen MR) is 92.0 cm³/mol. The van der Waals surface area contributed by atoms with Gasteiger partial charge in [0.05, 0.1) is 0 Å². The molecule has 1 unspecified atom stereocenters. The van der Waals surface area contributed by atoms with Crippen molar-refractivity contribution in [3.8, 4) is 0 Å². The molecule has 1 atom stereocenters. The van der Waals surface area contributed by atoms with Gasteiger partial charge in [0.2, 0.25) is 0 Å². The van der Waals surface area contributed by atoms with Crippen LogP contribution in [0.5, 0.6) is 0 Å². The van der Waals surface area contributed by atoms with E-state index in [1.54, 1.807) is 12.1 Å². The maximum atomic E-state index is 12.8. The number of rotatable bonds is 3. The largest absolute Gasteiger partial charge is 0.351 e. The number of Topliss-reactive ketones (excluding diaryl/α,β-unsaturated/α-hetero) is 1. The first-order valence-corrected chi connectivity index (χ1v) is 7.87. The molecule has 122 valence electrons. The second-order valence-electron chi connectivity index (χ2n) is 6.88. The first kappa shape index (κ1) is 16.1. The van der Waals surface area contributed by atoms with E-state index in [-0.39, 0.29) is 11.2 Å². The molecule has 1 aliphatic heterocycles.